The minimum absolute atomic E-state index is 0.367. The first-order valence-electron chi connectivity index (χ1n) is 2.13. The van der Waals surface area contributed by atoms with Crippen LogP contribution in [-0.2, 0) is 9.22 Å². The molecular formula is C4H7NO2Si. The van der Waals surface area contributed by atoms with Crippen molar-refractivity contribution in [1.29, 1.82) is 0 Å². The fraction of sp³-hybridized carbons (Fsp3) is 0.250. The Morgan fingerprint density at radius 3 is 3.12 bits per heavy atom. The highest BCUT2D eigenvalue weighted by Crippen LogP contribution is 1.71. The zero-order valence-electron chi connectivity index (χ0n) is 4.63. The molecule has 0 amide bonds. The third kappa shape index (κ3) is 5.14. The number of rotatable bonds is 3. The van der Waals surface area contributed by atoms with Crippen molar-refractivity contribution in [1.82, 2.24) is 0 Å². The van der Waals surface area contributed by atoms with Gasteiger partial charge in [-0.05, 0) is 6.08 Å². The number of hydrogen-bond acceptors (Lipinski definition) is 3. The lowest BCUT2D eigenvalue weighted by molar-refractivity contribution is 0.532. The van der Waals surface area contributed by atoms with Gasteiger partial charge < -0.3 is 4.43 Å². The molecule has 0 aliphatic rings. The third-order valence-electron chi connectivity index (χ3n) is 0.494. The Morgan fingerprint density at radius 2 is 2.62 bits per heavy atom. The Bertz CT molecular complexity index is 117. The summed E-state index contributed by atoms with van der Waals surface area (Å²) >= 11 is 0. The SMILES string of the molecule is O=C=NCC=CO[SiH3]. The van der Waals surface area contributed by atoms with E-state index in [0.29, 0.717) is 17.0 Å². The van der Waals surface area contributed by atoms with Crippen LogP contribution in [0.5, 0.6) is 0 Å². The van der Waals surface area contributed by atoms with Crippen molar-refractivity contribution in [3.05, 3.63) is 12.3 Å². The molecule has 0 aromatic heterocycles. The molecule has 8 heavy (non-hydrogen) atoms. The number of carbonyl (C=O) groups excluding carboxylic acids is 1. The Morgan fingerprint density at radius 1 is 1.88 bits per heavy atom. The quantitative estimate of drug-likeness (QED) is 0.215. The molecule has 0 N–H and O–H groups in total. The Hall–Kier alpha value is -0.863. The van der Waals surface area contributed by atoms with Gasteiger partial charge in [0.1, 0.15) is 0 Å². The Kier molecular flexibility index (Phi) is 5.47. The molecule has 0 rings (SSSR count). The maximum absolute atomic E-state index is 9.41. The summed E-state index contributed by atoms with van der Waals surface area (Å²) < 4.78 is 4.66. The number of isocyanates is 1. The molecule has 0 saturated carbocycles. The van der Waals surface area contributed by atoms with Gasteiger partial charge >= 0.3 is 0 Å². The maximum atomic E-state index is 9.41. The highest BCUT2D eigenvalue weighted by atomic mass is 28.2. The third-order valence-corrected chi connectivity index (χ3v) is 0.766. The maximum Gasteiger partial charge on any atom is 0.235 e. The zero-order chi connectivity index (χ0) is 6.24. The Balaban J connectivity index is 3.15. The predicted molar refractivity (Wildman–Crippen MR) is 33.2 cm³/mol. The van der Waals surface area contributed by atoms with E-state index >= 15 is 0 Å². The molecule has 0 unspecified atom stereocenters. The lowest BCUT2D eigenvalue weighted by Gasteiger charge is -1.81. The summed E-state index contributed by atoms with van der Waals surface area (Å²) in [4.78, 5) is 12.7. The highest BCUT2D eigenvalue weighted by molar-refractivity contribution is 5.98. The molecule has 4 heteroatoms. The topological polar surface area (TPSA) is 38.7 Å². The molecule has 0 bridgehead atoms. The van der Waals surface area contributed by atoms with Crippen molar-refractivity contribution in [3.63, 3.8) is 0 Å². The summed E-state index contributed by atoms with van der Waals surface area (Å²) in [6.45, 7) is 0.367. The summed E-state index contributed by atoms with van der Waals surface area (Å²) in [6, 6.07) is 0. The number of hydrogen-bond donors (Lipinski definition) is 0. The van der Waals surface area contributed by atoms with E-state index in [2.05, 4.69) is 9.42 Å². The van der Waals surface area contributed by atoms with E-state index in [1.54, 1.807) is 6.08 Å². The van der Waals surface area contributed by atoms with Gasteiger partial charge in [0.2, 0.25) is 16.6 Å². The van der Waals surface area contributed by atoms with E-state index in [9.17, 15) is 4.79 Å². The Labute approximate surface area is 50.6 Å². The molecule has 0 aromatic rings. The fourth-order valence-corrected chi connectivity index (χ4v) is 0.422. The molecule has 0 atom stereocenters. The van der Waals surface area contributed by atoms with Gasteiger partial charge in [-0.25, -0.2) is 9.79 Å². The largest absolute Gasteiger partial charge is 0.559 e. The van der Waals surface area contributed by atoms with Crippen LogP contribution in [0.1, 0.15) is 0 Å². The first-order valence-corrected chi connectivity index (χ1v) is 2.95. The normalized spacial score (nSPS) is 9.00. The van der Waals surface area contributed by atoms with Crippen LogP contribution in [0.3, 0.4) is 0 Å². The van der Waals surface area contributed by atoms with Crippen LogP contribution in [-0.4, -0.2) is 23.1 Å². The molecular weight excluding hydrogens is 122 g/mol. The lowest BCUT2D eigenvalue weighted by atomic mass is 10.6. The molecule has 3 nitrogen and oxygen atoms in total. The molecule has 44 valence electrons. The molecule has 0 aliphatic carbocycles. The monoisotopic (exact) mass is 129 g/mol. The standard InChI is InChI=1S/C4H7NO2Si/c6-4-5-2-1-3-7-8/h1,3H,2H2,8H3. The van der Waals surface area contributed by atoms with Gasteiger partial charge in [-0.1, -0.05) is 0 Å². The summed E-state index contributed by atoms with van der Waals surface area (Å²) in [5.74, 6) is 0. The first-order chi connectivity index (χ1) is 3.91. The van der Waals surface area contributed by atoms with Crippen LogP contribution < -0.4 is 0 Å². The smallest absolute Gasteiger partial charge is 0.235 e. The second kappa shape index (κ2) is 6.14. The van der Waals surface area contributed by atoms with Gasteiger partial charge in [0.05, 0.1) is 12.8 Å². The summed E-state index contributed by atoms with van der Waals surface area (Å²) in [5.41, 5.74) is 0. The van der Waals surface area contributed by atoms with Gasteiger partial charge in [-0.2, -0.15) is 0 Å². The van der Waals surface area contributed by atoms with Gasteiger partial charge in [0.25, 0.3) is 0 Å². The molecule has 0 radical (unpaired) electrons. The second-order valence-corrected chi connectivity index (χ2v) is 1.51. The summed E-state index contributed by atoms with van der Waals surface area (Å²) in [5, 5.41) is 0. The molecule has 0 spiro atoms. The van der Waals surface area contributed by atoms with Crippen LogP contribution in [0, 0.1) is 0 Å². The van der Waals surface area contributed by atoms with E-state index in [-0.39, 0.29) is 0 Å². The predicted octanol–water partition coefficient (Wildman–Crippen LogP) is -0.867. The van der Waals surface area contributed by atoms with Crippen molar-refractivity contribution in [2.75, 3.05) is 6.54 Å². The average molecular weight is 129 g/mol. The summed E-state index contributed by atoms with van der Waals surface area (Å²) in [6.07, 6.45) is 4.58. The van der Waals surface area contributed by atoms with Crippen LogP contribution in [0.4, 0.5) is 0 Å². The van der Waals surface area contributed by atoms with Crippen molar-refractivity contribution < 1.29 is 9.22 Å². The minimum Gasteiger partial charge on any atom is -0.559 e. The van der Waals surface area contributed by atoms with Crippen LogP contribution in [0.25, 0.3) is 0 Å². The van der Waals surface area contributed by atoms with Crippen molar-refractivity contribution in [2.24, 2.45) is 4.99 Å². The van der Waals surface area contributed by atoms with E-state index in [1.807, 2.05) is 0 Å². The number of aliphatic imine (C=N–C) groups is 1. The average Bonchev–Trinajstić information content (AvgIpc) is 1.81. The minimum atomic E-state index is 0.367. The van der Waals surface area contributed by atoms with Crippen molar-refractivity contribution in [2.45, 2.75) is 0 Å². The van der Waals surface area contributed by atoms with Crippen molar-refractivity contribution in [3.8, 4) is 0 Å². The van der Waals surface area contributed by atoms with Gasteiger partial charge in [0.15, 0.2) is 0 Å². The first kappa shape index (κ1) is 7.14. The zero-order valence-corrected chi connectivity index (χ0v) is 6.63. The second-order valence-electron chi connectivity index (χ2n) is 1.04. The molecule has 0 aromatic carbocycles. The number of nitrogens with zero attached hydrogens (tertiary/aromatic N) is 1. The molecule has 0 aliphatic heterocycles. The van der Waals surface area contributed by atoms with Gasteiger partial charge in [0, 0.05) is 0 Å². The van der Waals surface area contributed by atoms with E-state index in [1.165, 1.54) is 12.3 Å². The van der Waals surface area contributed by atoms with E-state index in [4.69, 9.17) is 0 Å². The van der Waals surface area contributed by atoms with Gasteiger partial charge in [-0.15, -0.1) is 0 Å². The van der Waals surface area contributed by atoms with Crippen LogP contribution in [0.15, 0.2) is 17.3 Å². The molecule has 0 saturated heterocycles. The van der Waals surface area contributed by atoms with Crippen molar-refractivity contribution >= 4 is 16.6 Å². The van der Waals surface area contributed by atoms with Gasteiger partial charge in [-0.3, -0.25) is 0 Å². The molecule has 0 heterocycles. The summed E-state index contributed by atoms with van der Waals surface area (Å²) in [7, 11) is 0.680. The van der Waals surface area contributed by atoms with Crippen LogP contribution >= 0.6 is 0 Å². The van der Waals surface area contributed by atoms with Crippen LogP contribution in [0.2, 0.25) is 0 Å². The van der Waals surface area contributed by atoms with E-state index < -0.39 is 0 Å². The molecule has 0 fully saturated rings. The lowest BCUT2D eigenvalue weighted by Crippen LogP contribution is -1.72. The van der Waals surface area contributed by atoms with E-state index in [0.717, 1.165) is 0 Å². The fourth-order valence-electron chi connectivity index (χ4n) is 0.229. The highest BCUT2D eigenvalue weighted by Gasteiger charge is 1.66.